The molecular formula is C13H11N5O. The Morgan fingerprint density at radius 1 is 1.32 bits per heavy atom. The number of fused-ring (bicyclic) bond motifs is 1. The van der Waals surface area contributed by atoms with E-state index < -0.39 is 0 Å². The second kappa shape index (κ2) is 4.49. The highest BCUT2D eigenvalue weighted by atomic mass is 16.1. The van der Waals surface area contributed by atoms with Crippen LogP contribution in [0.15, 0.2) is 36.7 Å². The first-order valence-corrected chi connectivity index (χ1v) is 5.77. The van der Waals surface area contributed by atoms with E-state index in [1.165, 1.54) is 6.33 Å². The number of anilines is 1. The molecule has 0 spiro atoms. The third-order valence-corrected chi connectivity index (χ3v) is 2.74. The molecule has 0 aliphatic rings. The number of H-pyrrole nitrogens is 1. The number of rotatable bonds is 2. The number of amides is 1. The SMILES string of the molecule is Cc1cc(C(=O)Nc2ncn[nH]2)c2ccccc2n1. The first-order valence-electron chi connectivity index (χ1n) is 5.77. The van der Waals surface area contributed by atoms with Crippen molar-refractivity contribution in [1.82, 2.24) is 20.2 Å². The fourth-order valence-electron chi connectivity index (χ4n) is 1.94. The molecular weight excluding hydrogens is 242 g/mol. The van der Waals surface area contributed by atoms with E-state index in [0.717, 1.165) is 16.6 Å². The lowest BCUT2D eigenvalue weighted by Gasteiger charge is -2.07. The highest BCUT2D eigenvalue weighted by Gasteiger charge is 2.12. The molecule has 0 fully saturated rings. The minimum absolute atomic E-state index is 0.238. The Bertz CT molecular complexity index is 736. The van der Waals surface area contributed by atoms with Gasteiger partial charge in [-0.05, 0) is 19.1 Å². The zero-order chi connectivity index (χ0) is 13.2. The standard InChI is InChI=1S/C13H11N5O/c1-8-6-10(9-4-2-3-5-11(9)16-8)12(19)17-13-14-7-15-18-13/h2-7H,1H3,(H2,14,15,17,18,19). The first kappa shape index (κ1) is 11.3. The number of hydrogen-bond donors (Lipinski definition) is 2. The highest BCUT2D eigenvalue weighted by molar-refractivity contribution is 6.11. The number of benzene rings is 1. The van der Waals surface area contributed by atoms with Gasteiger partial charge in [0.15, 0.2) is 0 Å². The maximum Gasteiger partial charge on any atom is 0.258 e. The Hall–Kier alpha value is -2.76. The molecule has 2 aromatic heterocycles. The number of nitrogens with one attached hydrogen (secondary N) is 2. The fourth-order valence-corrected chi connectivity index (χ4v) is 1.94. The summed E-state index contributed by atoms with van der Waals surface area (Å²) in [4.78, 5) is 20.5. The van der Waals surface area contributed by atoms with Crippen LogP contribution in [0.1, 0.15) is 16.1 Å². The van der Waals surface area contributed by atoms with Crippen molar-refractivity contribution in [3.63, 3.8) is 0 Å². The molecule has 19 heavy (non-hydrogen) atoms. The van der Waals surface area contributed by atoms with Crippen LogP contribution in [-0.2, 0) is 0 Å². The number of para-hydroxylation sites is 1. The van der Waals surface area contributed by atoms with Gasteiger partial charge in [0, 0.05) is 11.1 Å². The van der Waals surface area contributed by atoms with Crippen molar-refractivity contribution in [3.05, 3.63) is 47.9 Å². The molecule has 0 saturated carbocycles. The Balaban J connectivity index is 2.06. The summed E-state index contributed by atoms with van der Waals surface area (Å²) < 4.78 is 0. The maximum absolute atomic E-state index is 12.3. The van der Waals surface area contributed by atoms with Crippen molar-refractivity contribution in [2.24, 2.45) is 0 Å². The quantitative estimate of drug-likeness (QED) is 0.730. The van der Waals surface area contributed by atoms with E-state index in [1.807, 2.05) is 31.2 Å². The largest absolute Gasteiger partial charge is 0.291 e. The molecule has 0 aliphatic heterocycles. The van der Waals surface area contributed by atoms with E-state index in [4.69, 9.17) is 0 Å². The molecule has 0 atom stereocenters. The third-order valence-electron chi connectivity index (χ3n) is 2.74. The maximum atomic E-state index is 12.3. The molecule has 2 N–H and O–H groups in total. The van der Waals surface area contributed by atoms with Gasteiger partial charge in [-0.2, -0.15) is 10.1 Å². The molecule has 6 heteroatoms. The number of hydrogen-bond acceptors (Lipinski definition) is 4. The van der Waals surface area contributed by atoms with Gasteiger partial charge >= 0.3 is 0 Å². The second-order valence-corrected chi connectivity index (χ2v) is 4.12. The van der Waals surface area contributed by atoms with Crippen LogP contribution in [-0.4, -0.2) is 26.1 Å². The highest BCUT2D eigenvalue weighted by Crippen LogP contribution is 2.18. The van der Waals surface area contributed by atoms with Crippen molar-refractivity contribution in [1.29, 1.82) is 0 Å². The molecule has 1 amide bonds. The smallest absolute Gasteiger partial charge is 0.258 e. The zero-order valence-electron chi connectivity index (χ0n) is 10.2. The Labute approximate surface area is 108 Å². The van der Waals surface area contributed by atoms with Crippen molar-refractivity contribution in [3.8, 4) is 0 Å². The monoisotopic (exact) mass is 253 g/mol. The Morgan fingerprint density at radius 3 is 2.95 bits per heavy atom. The molecule has 0 aliphatic carbocycles. The molecule has 3 aromatic rings. The van der Waals surface area contributed by atoms with E-state index in [-0.39, 0.29) is 5.91 Å². The van der Waals surface area contributed by atoms with E-state index in [1.54, 1.807) is 6.07 Å². The topological polar surface area (TPSA) is 83.6 Å². The van der Waals surface area contributed by atoms with Crippen LogP contribution in [0, 0.1) is 6.92 Å². The van der Waals surface area contributed by atoms with Gasteiger partial charge in [-0.3, -0.25) is 15.1 Å². The summed E-state index contributed by atoms with van der Waals surface area (Å²) in [6.45, 7) is 1.86. The van der Waals surface area contributed by atoms with Gasteiger partial charge in [0.2, 0.25) is 5.95 Å². The van der Waals surface area contributed by atoms with E-state index in [0.29, 0.717) is 11.5 Å². The van der Waals surface area contributed by atoms with Crippen molar-refractivity contribution in [2.45, 2.75) is 6.92 Å². The second-order valence-electron chi connectivity index (χ2n) is 4.12. The van der Waals surface area contributed by atoms with Gasteiger partial charge < -0.3 is 0 Å². The lowest BCUT2D eigenvalue weighted by Crippen LogP contribution is -2.14. The average molecular weight is 253 g/mol. The van der Waals surface area contributed by atoms with Crippen LogP contribution in [0.4, 0.5) is 5.95 Å². The summed E-state index contributed by atoms with van der Waals surface area (Å²) in [6.07, 6.45) is 1.34. The molecule has 0 unspecified atom stereocenters. The van der Waals surface area contributed by atoms with Gasteiger partial charge in [0.25, 0.3) is 5.91 Å². The van der Waals surface area contributed by atoms with Crippen LogP contribution in [0.25, 0.3) is 10.9 Å². The summed E-state index contributed by atoms with van der Waals surface area (Å²) in [7, 11) is 0. The first-order chi connectivity index (χ1) is 9.24. The van der Waals surface area contributed by atoms with Crippen LogP contribution in [0.2, 0.25) is 0 Å². The molecule has 94 valence electrons. The van der Waals surface area contributed by atoms with Gasteiger partial charge in [0.05, 0.1) is 11.1 Å². The molecule has 3 rings (SSSR count). The van der Waals surface area contributed by atoms with E-state index >= 15 is 0 Å². The summed E-state index contributed by atoms with van der Waals surface area (Å²) in [5.41, 5.74) is 2.16. The van der Waals surface area contributed by atoms with Gasteiger partial charge in [-0.15, -0.1) is 0 Å². The number of carbonyl (C=O) groups is 1. The third kappa shape index (κ3) is 2.15. The van der Waals surface area contributed by atoms with Crippen LogP contribution in [0.3, 0.4) is 0 Å². The van der Waals surface area contributed by atoms with E-state index in [2.05, 4.69) is 25.5 Å². The van der Waals surface area contributed by atoms with Crippen LogP contribution in [0.5, 0.6) is 0 Å². The van der Waals surface area contributed by atoms with Crippen molar-refractivity contribution in [2.75, 3.05) is 5.32 Å². The van der Waals surface area contributed by atoms with Crippen LogP contribution >= 0.6 is 0 Å². The zero-order valence-corrected chi connectivity index (χ0v) is 10.2. The number of aromatic amines is 1. The normalized spacial score (nSPS) is 10.6. The number of aryl methyl sites for hydroxylation is 1. The molecule has 0 bridgehead atoms. The molecule has 0 saturated heterocycles. The summed E-state index contributed by atoms with van der Waals surface area (Å²) in [5.74, 6) is 0.0852. The molecule has 0 radical (unpaired) electrons. The average Bonchev–Trinajstić information content (AvgIpc) is 2.90. The summed E-state index contributed by atoms with van der Waals surface area (Å²) >= 11 is 0. The van der Waals surface area contributed by atoms with Gasteiger partial charge in [-0.1, -0.05) is 18.2 Å². The predicted molar refractivity (Wildman–Crippen MR) is 70.8 cm³/mol. The molecule has 1 aromatic carbocycles. The fraction of sp³-hybridized carbons (Fsp3) is 0.0769. The minimum Gasteiger partial charge on any atom is -0.291 e. The van der Waals surface area contributed by atoms with Crippen LogP contribution < -0.4 is 5.32 Å². The Kier molecular flexibility index (Phi) is 2.68. The predicted octanol–water partition coefficient (Wildman–Crippen LogP) is 1.91. The van der Waals surface area contributed by atoms with Crippen molar-refractivity contribution >= 4 is 22.8 Å². The minimum atomic E-state index is -0.238. The number of carbonyl (C=O) groups excluding carboxylic acids is 1. The number of aromatic nitrogens is 4. The number of nitrogens with zero attached hydrogens (tertiary/aromatic N) is 3. The Morgan fingerprint density at radius 2 is 2.16 bits per heavy atom. The van der Waals surface area contributed by atoms with Crippen molar-refractivity contribution < 1.29 is 4.79 Å². The molecule has 6 nitrogen and oxygen atoms in total. The lowest BCUT2D eigenvalue weighted by molar-refractivity contribution is 0.102. The molecule has 2 heterocycles. The van der Waals surface area contributed by atoms with E-state index in [9.17, 15) is 4.79 Å². The summed E-state index contributed by atoms with van der Waals surface area (Å²) in [5, 5.41) is 9.75. The lowest BCUT2D eigenvalue weighted by atomic mass is 10.1. The summed E-state index contributed by atoms with van der Waals surface area (Å²) in [6, 6.07) is 9.29. The number of pyridine rings is 1. The van der Waals surface area contributed by atoms with Gasteiger partial charge in [-0.25, -0.2) is 5.10 Å². The van der Waals surface area contributed by atoms with Gasteiger partial charge in [0.1, 0.15) is 6.33 Å².